The molecule has 0 fully saturated rings. The van der Waals surface area contributed by atoms with Crippen molar-refractivity contribution in [2.45, 2.75) is 18.9 Å². The first kappa shape index (κ1) is 24.6. The summed E-state index contributed by atoms with van der Waals surface area (Å²) < 4.78 is 90.9. The second kappa shape index (κ2) is 9.05. The molecule has 12 heteroatoms. The Balaban J connectivity index is 1.84. The van der Waals surface area contributed by atoms with Crippen LogP contribution >= 0.6 is 7.14 Å². The summed E-state index contributed by atoms with van der Waals surface area (Å²) >= 11 is 0. The van der Waals surface area contributed by atoms with Crippen LogP contribution in [0.25, 0.3) is 0 Å². The highest BCUT2D eigenvalue weighted by Crippen LogP contribution is 2.36. The number of aromatic nitrogens is 2. The third-order valence-corrected chi connectivity index (χ3v) is 6.10. The number of alkyl halides is 6. The normalized spacial score (nSPS) is 12.5. The van der Waals surface area contributed by atoms with Crippen molar-refractivity contribution < 1.29 is 30.9 Å². The molecule has 3 rings (SSSR count). The average Bonchev–Trinajstić information content (AvgIpc) is 2.71. The Kier molecular flexibility index (Phi) is 6.74. The highest BCUT2D eigenvalue weighted by atomic mass is 31.2. The van der Waals surface area contributed by atoms with Gasteiger partial charge >= 0.3 is 12.4 Å². The van der Waals surface area contributed by atoms with Crippen LogP contribution in [-0.4, -0.2) is 23.3 Å². The van der Waals surface area contributed by atoms with E-state index in [9.17, 15) is 30.9 Å². The number of hydrogen-bond donors (Lipinski definition) is 2. The van der Waals surface area contributed by atoms with Gasteiger partial charge in [-0.15, -0.1) is 0 Å². The monoisotopic (exact) mass is 488 g/mol. The quantitative estimate of drug-likeness (QED) is 0.323. The van der Waals surface area contributed by atoms with Gasteiger partial charge in [-0.2, -0.15) is 31.3 Å². The first-order valence-corrected chi connectivity index (χ1v) is 12.1. The first-order valence-electron chi connectivity index (χ1n) is 9.50. The maximum Gasteiger partial charge on any atom is 0.421 e. The van der Waals surface area contributed by atoms with E-state index in [4.69, 9.17) is 0 Å². The summed E-state index contributed by atoms with van der Waals surface area (Å²) in [5.74, 6) is -0.737. The number of hydrogen-bond acceptors (Lipinski definition) is 5. The molecule has 0 amide bonds. The van der Waals surface area contributed by atoms with Crippen LogP contribution in [0, 0.1) is 0 Å². The van der Waals surface area contributed by atoms with Gasteiger partial charge in [0.1, 0.15) is 18.5 Å². The van der Waals surface area contributed by atoms with Gasteiger partial charge < -0.3 is 15.2 Å². The smallest absolute Gasteiger partial charge is 0.365 e. The van der Waals surface area contributed by atoms with E-state index >= 15 is 0 Å². The first-order chi connectivity index (χ1) is 15.2. The van der Waals surface area contributed by atoms with E-state index in [0.29, 0.717) is 17.2 Å². The summed E-state index contributed by atoms with van der Waals surface area (Å²) in [5, 5.41) is 5.84. The van der Waals surface area contributed by atoms with Gasteiger partial charge in [-0.3, -0.25) is 0 Å². The molecule has 0 saturated heterocycles. The fourth-order valence-electron chi connectivity index (χ4n) is 2.86. The molecule has 0 saturated carbocycles. The molecule has 0 spiro atoms. The maximum atomic E-state index is 13.4. The highest BCUT2D eigenvalue weighted by Gasteiger charge is 2.35. The Morgan fingerprint density at radius 2 is 1.61 bits per heavy atom. The molecule has 3 aromatic rings. The second-order valence-corrected chi connectivity index (χ2v) is 10.7. The van der Waals surface area contributed by atoms with Crippen LogP contribution in [0.1, 0.15) is 16.7 Å². The van der Waals surface area contributed by atoms with Crippen LogP contribution in [0.2, 0.25) is 0 Å². The lowest BCUT2D eigenvalue weighted by Crippen LogP contribution is -2.15. The number of nitrogens with one attached hydrogen (secondary N) is 2. The minimum Gasteiger partial charge on any atom is -0.365 e. The lowest BCUT2D eigenvalue weighted by Gasteiger charge is -2.15. The number of benzene rings is 2. The highest BCUT2D eigenvalue weighted by molar-refractivity contribution is 7.70. The van der Waals surface area contributed by atoms with Crippen LogP contribution in [0.15, 0.2) is 54.7 Å². The van der Waals surface area contributed by atoms with Crippen molar-refractivity contribution in [2.75, 3.05) is 24.0 Å². The van der Waals surface area contributed by atoms with Crippen molar-refractivity contribution in [1.29, 1.82) is 0 Å². The Morgan fingerprint density at radius 1 is 0.939 bits per heavy atom. The molecule has 0 unspecified atom stereocenters. The van der Waals surface area contributed by atoms with E-state index in [-0.39, 0.29) is 18.1 Å². The Morgan fingerprint density at radius 3 is 2.18 bits per heavy atom. The molecule has 1 heterocycles. The largest absolute Gasteiger partial charge is 0.421 e. The van der Waals surface area contributed by atoms with Crippen molar-refractivity contribution in [1.82, 2.24) is 9.97 Å². The Bertz CT molecular complexity index is 1170. The topological polar surface area (TPSA) is 66.9 Å². The van der Waals surface area contributed by atoms with Gasteiger partial charge in [0.25, 0.3) is 0 Å². The van der Waals surface area contributed by atoms with Gasteiger partial charge in [-0.25, -0.2) is 4.98 Å². The number of halogens is 6. The van der Waals surface area contributed by atoms with Crippen LogP contribution in [0.4, 0.5) is 43.8 Å². The zero-order chi connectivity index (χ0) is 24.4. The van der Waals surface area contributed by atoms with Crippen molar-refractivity contribution >= 4 is 29.9 Å². The minimum atomic E-state index is -4.78. The van der Waals surface area contributed by atoms with Crippen molar-refractivity contribution in [3.63, 3.8) is 0 Å². The molecule has 0 bridgehead atoms. The maximum absolute atomic E-state index is 13.4. The zero-order valence-corrected chi connectivity index (χ0v) is 18.3. The molecule has 0 aliphatic rings. The van der Waals surface area contributed by atoms with Crippen LogP contribution in [0.5, 0.6) is 0 Å². The fourth-order valence-corrected chi connectivity index (χ4v) is 3.73. The van der Waals surface area contributed by atoms with Gasteiger partial charge in [0.2, 0.25) is 5.95 Å². The molecule has 1 aromatic heterocycles. The number of anilines is 3. The summed E-state index contributed by atoms with van der Waals surface area (Å²) in [6.07, 6.45) is -8.76. The summed E-state index contributed by atoms with van der Waals surface area (Å²) in [6.45, 7) is 2.90. The molecule has 2 N–H and O–H groups in total. The Labute approximate surface area is 185 Å². The van der Waals surface area contributed by atoms with Crippen molar-refractivity contribution in [2.24, 2.45) is 0 Å². The van der Waals surface area contributed by atoms with Crippen molar-refractivity contribution in [3.8, 4) is 0 Å². The molecule has 0 aliphatic heterocycles. The molecule has 5 nitrogen and oxygen atoms in total. The van der Waals surface area contributed by atoms with E-state index in [1.165, 1.54) is 12.1 Å². The zero-order valence-electron chi connectivity index (χ0n) is 17.4. The van der Waals surface area contributed by atoms with Crippen molar-refractivity contribution in [3.05, 3.63) is 71.4 Å². The van der Waals surface area contributed by atoms with Crippen LogP contribution in [-0.2, 0) is 23.5 Å². The molecular weight excluding hydrogens is 469 g/mol. The third-order valence-electron chi connectivity index (χ3n) is 4.55. The van der Waals surface area contributed by atoms with E-state index < -0.39 is 36.4 Å². The SMILES string of the molecule is CP(C)(=O)c1ccc(Nc2ncc(C(F)(F)F)c(NCc3cccc(C(F)(F)F)c3)n2)cc1. The standard InChI is InChI=1S/C21H19F6N4OP/c1-33(2,32)16-8-6-15(7-9-16)30-19-29-12-17(21(25,26)27)18(31-19)28-11-13-4-3-5-14(10-13)20(22,23)24/h3-10,12H,11H2,1-2H3,(H2,28,29,30,31). The average molecular weight is 488 g/mol. The molecule has 2 aromatic carbocycles. The Hall–Kier alpha value is -3.07. The second-order valence-electron chi connectivity index (χ2n) is 7.53. The third kappa shape index (κ3) is 6.47. The summed E-state index contributed by atoms with van der Waals surface area (Å²) in [4.78, 5) is 7.55. The number of rotatable bonds is 6. The van der Waals surface area contributed by atoms with E-state index in [0.717, 1.165) is 12.1 Å². The van der Waals surface area contributed by atoms with Gasteiger partial charge in [-0.1, -0.05) is 12.1 Å². The summed E-state index contributed by atoms with van der Waals surface area (Å²) in [5.41, 5.74) is -1.48. The molecule has 33 heavy (non-hydrogen) atoms. The predicted molar refractivity (Wildman–Crippen MR) is 115 cm³/mol. The van der Waals surface area contributed by atoms with E-state index in [2.05, 4.69) is 20.6 Å². The van der Waals surface area contributed by atoms with Gasteiger partial charge in [0, 0.05) is 23.7 Å². The molecule has 0 radical (unpaired) electrons. The fraction of sp³-hybridized carbons (Fsp3) is 0.238. The molecule has 0 atom stereocenters. The van der Waals surface area contributed by atoms with Gasteiger partial charge in [0.05, 0.1) is 5.56 Å². The predicted octanol–water partition coefficient (Wildman–Crippen LogP) is 6.12. The van der Waals surface area contributed by atoms with E-state index in [1.54, 1.807) is 37.6 Å². The van der Waals surface area contributed by atoms with Gasteiger partial charge in [0.15, 0.2) is 0 Å². The molecular formula is C21H19F6N4OP. The van der Waals surface area contributed by atoms with Crippen LogP contribution < -0.4 is 15.9 Å². The lowest BCUT2D eigenvalue weighted by molar-refractivity contribution is -0.138. The number of nitrogens with zero attached hydrogens (tertiary/aromatic N) is 2. The minimum absolute atomic E-state index is 0.130. The summed E-state index contributed by atoms with van der Waals surface area (Å²) in [7, 11) is -2.47. The van der Waals surface area contributed by atoms with Gasteiger partial charge in [-0.05, 0) is 55.3 Å². The molecule has 176 valence electrons. The molecule has 0 aliphatic carbocycles. The lowest BCUT2D eigenvalue weighted by atomic mass is 10.1. The summed E-state index contributed by atoms with van der Waals surface area (Å²) in [6, 6.07) is 10.7. The van der Waals surface area contributed by atoms with E-state index in [1.807, 2.05) is 0 Å². The van der Waals surface area contributed by atoms with Crippen LogP contribution in [0.3, 0.4) is 0 Å².